The van der Waals surface area contributed by atoms with E-state index < -0.39 is 0 Å². The van der Waals surface area contributed by atoms with Gasteiger partial charge in [-0.2, -0.15) is 0 Å². The molecule has 0 fully saturated rings. The van der Waals surface area contributed by atoms with E-state index in [9.17, 15) is 14.4 Å². The van der Waals surface area contributed by atoms with Gasteiger partial charge in [-0.1, -0.05) is 60.7 Å². The monoisotopic (exact) mass is 386 g/mol. The van der Waals surface area contributed by atoms with Gasteiger partial charge in [0.25, 0.3) is 11.8 Å². The predicted octanol–water partition coefficient (Wildman–Crippen LogP) is 3.55. The van der Waals surface area contributed by atoms with Gasteiger partial charge in [-0.3, -0.25) is 14.4 Å². The highest BCUT2D eigenvalue weighted by atomic mass is 16.2. The summed E-state index contributed by atoms with van der Waals surface area (Å²) in [5.74, 6) is -0.588. The highest BCUT2D eigenvalue weighted by Crippen LogP contribution is 2.15. The summed E-state index contributed by atoms with van der Waals surface area (Å²) in [5.41, 5.74) is 2.68. The van der Waals surface area contributed by atoms with Crippen molar-refractivity contribution >= 4 is 17.6 Å². The molecular weight excluding hydrogens is 364 g/mol. The molecule has 146 valence electrons. The Bertz CT molecular complexity index is 1030. The number of hydrogen-bond donors (Lipinski definition) is 1. The number of nitrogens with one attached hydrogen (secondary N) is 1. The van der Waals surface area contributed by atoms with Crippen LogP contribution in [0.2, 0.25) is 0 Å². The molecule has 0 aliphatic rings. The zero-order valence-electron chi connectivity index (χ0n) is 16.4. The molecule has 0 aliphatic carbocycles. The van der Waals surface area contributed by atoms with Crippen LogP contribution in [0.15, 0.2) is 78.9 Å². The Morgan fingerprint density at radius 3 is 1.93 bits per heavy atom. The Hall–Kier alpha value is -3.73. The molecule has 3 rings (SSSR count). The van der Waals surface area contributed by atoms with Crippen LogP contribution in [0.25, 0.3) is 0 Å². The fourth-order valence-electron chi connectivity index (χ4n) is 2.93. The lowest BCUT2D eigenvalue weighted by atomic mass is 9.98. The summed E-state index contributed by atoms with van der Waals surface area (Å²) in [6.45, 7) is 0.295. The van der Waals surface area contributed by atoms with Crippen molar-refractivity contribution in [1.29, 1.82) is 0 Å². The number of hydrogen-bond acceptors (Lipinski definition) is 3. The molecule has 0 aliphatic heterocycles. The van der Waals surface area contributed by atoms with E-state index in [1.54, 1.807) is 86.9 Å². The topological polar surface area (TPSA) is 66.5 Å². The van der Waals surface area contributed by atoms with Crippen molar-refractivity contribution < 1.29 is 14.4 Å². The summed E-state index contributed by atoms with van der Waals surface area (Å²) in [5, 5.41) is 2.85. The molecule has 0 aromatic heterocycles. The van der Waals surface area contributed by atoms with Gasteiger partial charge in [0.1, 0.15) is 0 Å². The molecule has 0 unspecified atom stereocenters. The van der Waals surface area contributed by atoms with E-state index in [1.807, 2.05) is 6.07 Å². The number of amides is 2. The summed E-state index contributed by atoms with van der Waals surface area (Å²) >= 11 is 0. The van der Waals surface area contributed by atoms with Crippen LogP contribution >= 0.6 is 0 Å². The zero-order valence-corrected chi connectivity index (χ0v) is 16.4. The van der Waals surface area contributed by atoms with Gasteiger partial charge in [0.05, 0.1) is 5.56 Å². The fourth-order valence-corrected chi connectivity index (χ4v) is 2.93. The maximum absolute atomic E-state index is 12.8. The Morgan fingerprint density at radius 1 is 0.724 bits per heavy atom. The van der Waals surface area contributed by atoms with Crippen molar-refractivity contribution in [3.8, 4) is 0 Å². The third-order valence-corrected chi connectivity index (χ3v) is 4.51. The number of carbonyl (C=O) groups excluding carboxylic acids is 3. The summed E-state index contributed by atoms with van der Waals surface area (Å²) in [6, 6.07) is 22.7. The van der Waals surface area contributed by atoms with Crippen LogP contribution in [0, 0.1) is 0 Å². The molecule has 0 saturated carbocycles. The van der Waals surface area contributed by atoms with Gasteiger partial charge in [-0.25, -0.2) is 0 Å². The van der Waals surface area contributed by atoms with Crippen LogP contribution in [-0.2, 0) is 6.54 Å². The first kappa shape index (κ1) is 20.0. The molecule has 3 aromatic carbocycles. The van der Waals surface area contributed by atoms with Crippen LogP contribution < -0.4 is 5.32 Å². The first-order valence-corrected chi connectivity index (χ1v) is 9.25. The highest BCUT2D eigenvalue weighted by molar-refractivity contribution is 6.15. The van der Waals surface area contributed by atoms with Crippen molar-refractivity contribution in [2.24, 2.45) is 0 Å². The molecule has 2 amide bonds. The van der Waals surface area contributed by atoms with Crippen LogP contribution in [-0.4, -0.2) is 36.6 Å². The van der Waals surface area contributed by atoms with E-state index in [4.69, 9.17) is 0 Å². The van der Waals surface area contributed by atoms with E-state index in [0.717, 1.165) is 5.56 Å². The molecule has 5 nitrogen and oxygen atoms in total. The van der Waals surface area contributed by atoms with Gasteiger partial charge in [0.15, 0.2) is 5.78 Å². The second-order valence-corrected chi connectivity index (χ2v) is 6.82. The molecule has 29 heavy (non-hydrogen) atoms. The molecule has 0 bridgehead atoms. The standard InChI is InChI=1S/C24H22N2O3/c1-26(2)24(29)19-14-12-17(13-15-19)16-25-23(28)21-11-7-6-10-20(21)22(27)18-8-4-3-5-9-18/h3-15H,16H2,1-2H3,(H,25,28). The zero-order chi connectivity index (χ0) is 20.8. The predicted molar refractivity (Wildman–Crippen MR) is 112 cm³/mol. The number of benzene rings is 3. The van der Waals surface area contributed by atoms with Crippen LogP contribution in [0.5, 0.6) is 0 Å². The average Bonchev–Trinajstić information content (AvgIpc) is 2.77. The number of nitrogens with zero attached hydrogens (tertiary/aromatic N) is 1. The lowest BCUT2D eigenvalue weighted by Crippen LogP contribution is -2.25. The normalized spacial score (nSPS) is 10.3. The molecule has 0 radical (unpaired) electrons. The van der Waals surface area contributed by atoms with Gasteiger partial charge in [0.2, 0.25) is 0 Å². The Morgan fingerprint density at radius 2 is 1.31 bits per heavy atom. The molecule has 0 saturated heterocycles. The summed E-state index contributed by atoms with van der Waals surface area (Å²) in [4.78, 5) is 39.0. The minimum atomic E-state index is -0.321. The molecular formula is C24H22N2O3. The van der Waals surface area contributed by atoms with Crippen molar-refractivity contribution in [2.75, 3.05) is 14.1 Å². The number of rotatable bonds is 6. The molecule has 0 spiro atoms. The fraction of sp³-hybridized carbons (Fsp3) is 0.125. The van der Waals surface area contributed by atoms with Crippen LogP contribution in [0.3, 0.4) is 0 Å². The van der Waals surface area contributed by atoms with Gasteiger partial charge in [0, 0.05) is 37.3 Å². The quantitative estimate of drug-likeness (QED) is 0.659. The first-order valence-electron chi connectivity index (χ1n) is 9.25. The minimum absolute atomic E-state index is 0.0751. The van der Waals surface area contributed by atoms with E-state index in [0.29, 0.717) is 28.8 Å². The Kier molecular flexibility index (Phi) is 6.19. The van der Waals surface area contributed by atoms with Gasteiger partial charge in [-0.15, -0.1) is 0 Å². The SMILES string of the molecule is CN(C)C(=O)c1ccc(CNC(=O)c2ccccc2C(=O)c2ccccc2)cc1. The second-order valence-electron chi connectivity index (χ2n) is 6.82. The third kappa shape index (κ3) is 4.76. The lowest BCUT2D eigenvalue weighted by molar-refractivity contribution is 0.0827. The summed E-state index contributed by atoms with van der Waals surface area (Å²) in [6.07, 6.45) is 0. The Labute approximate surface area is 170 Å². The van der Waals surface area contributed by atoms with Crippen molar-refractivity contribution in [1.82, 2.24) is 10.2 Å². The van der Waals surface area contributed by atoms with Gasteiger partial charge >= 0.3 is 0 Å². The van der Waals surface area contributed by atoms with E-state index in [-0.39, 0.29) is 17.6 Å². The lowest BCUT2D eigenvalue weighted by Gasteiger charge is -2.12. The average molecular weight is 386 g/mol. The van der Waals surface area contributed by atoms with Crippen molar-refractivity contribution in [2.45, 2.75) is 6.54 Å². The maximum Gasteiger partial charge on any atom is 0.253 e. The number of carbonyl (C=O) groups is 3. The maximum atomic E-state index is 12.8. The van der Waals surface area contributed by atoms with Gasteiger partial charge in [-0.05, 0) is 23.8 Å². The summed E-state index contributed by atoms with van der Waals surface area (Å²) < 4.78 is 0. The molecule has 1 N–H and O–H groups in total. The van der Waals surface area contributed by atoms with Crippen LogP contribution in [0.4, 0.5) is 0 Å². The number of ketones is 1. The third-order valence-electron chi connectivity index (χ3n) is 4.51. The van der Waals surface area contributed by atoms with Crippen molar-refractivity contribution in [3.05, 3.63) is 107 Å². The summed E-state index contributed by atoms with van der Waals surface area (Å²) in [7, 11) is 3.40. The van der Waals surface area contributed by atoms with E-state index in [1.165, 1.54) is 4.90 Å². The van der Waals surface area contributed by atoms with Crippen LogP contribution in [0.1, 0.15) is 42.2 Å². The highest BCUT2D eigenvalue weighted by Gasteiger charge is 2.17. The van der Waals surface area contributed by atoms with Gasteiger partial charge < -0.3 is 10.2 Å². The molecule has 0 heterocycles. The molecule has 5 heteroatoms. The largest absolute Gasteiger partial charge is 0.348 e. The van der Waals surface area contributed by atoms with Crippen molar-refractivity contribution in [3.63, 3.8) is 0 Å². The second kappa shape index (κ2) is 8.97. The minimum Gasteiger partial charge on any atom is -0.348 e. The van der Waals surface area contributed by atoms with E-state index >= 15 is 0 Å². The molecule has 0 atom stereocenters. The smallest absolute Gasteiger partial charge is 0.253 e. The first-order chi connectivity index (χ1) is 14.0. The molecule has 3 aromatic rings. The van der Waals surface area contributed by atoms with E-state index in [2.05, 4.69) is 5.32 Å². The Balaban J connectivity index is 1.72.